The fourth-order valence-electron chi connectivity index (χ4n) is 1.37. The molecular weight excluding hydrogens is 154 g/mol. The molecule has 0 spiro atoms. The molecular formula is C9H11NO2. The van der Waals surface area contributed by atoms with Crippen LogP contribution in [0.3, 0.4) is 0 Å². The Morgan fingerprint density at radius 3 is 2.33 bits per heavy atom. The predicted molar refractivity (Wildman–Crippen MR) is 45.3 cm³/mol. The molecule has 3 heteroatoms. The van der Waals surface area contributed by atoms with Gasteiger partial charge in [0.2, 0.25) is 0 Å². The molecule has 1 rings (SSSR count). The van der Waals surface area contributed by atoms with Gasteiger partial charge in [-0.05, 0) is 12.5 Å². The maximum absolute atomic E-state index is 11.2. The van der Waals surface area contributed by atoms with Crippen LogP contribution in [0, 0.1) is 11.3 Å². The first-order chi connectivity index (χ1) is 5.66. The van der Waals surface area contributed by atoms with Gasteiger partial charge in [-0.1, -0.05) is 6.58 Å². The molecule has 0 atom stereocenters. The van der Waals surface area contributed by atoms with Crippen LogP contribution in [0.2, 0.25) is 0 Å². The third-order valence-electron chi connectivity index (χ3n) is 2.02. The summed E-state index contributed by atoms with van der Waals surface area (Å²) in [6.45, 7) is 3.38. The number of carbonyl (C=O) groups is 2. The van der Waals surface area contributed by atoms with Gasteiger partial charge in [-0.25, -0.2) is 0 Å². The molecule has 1 saturated carbocycles. The van der Waals surface area contributed by atoms with Crippen molar-refractivity contribution < 1.29 is 9.59 Å². The third kappa shape index (κ3) is 1.49. The molecule has 0 aromatic rings. The van der Waals surface area contributed by atoms with E-state index in [0.29, 0.717) is 19.3 Å². The van der Waals surface area contributed by atoms with E-state index in [1.54, 1.807) is 0 Å². The second kappa shape index (κ2) is 3.43. The SMILES string of the molecule is C=CC(=N)C1C(=O)CCCC1=O. The van der Waals surface area contributed by atoms with Crippen LogP contribution in [-0.2, 0) is 9.59 Å². The minimum absolute atomic E-state index is 0.0460. The second-order valence-electron chi connectivity index (χ2n) is 2.88. The lowest BCUT2D eigenvalue weighted by atomic mass is 9.83. The maximum atomic E-state index is 11.2. The van der Waals surface area contributed by atoms with Gasteiger partial charge in [-0.15, -0.1) is 0 Å². The molecule has 1 N–H and O–H groups in total. The van der Waals surface area contributed by atoms with Crippen molar-refractivity contribution in [3.8, 4) is 0 Å². The van der Waals surface area contributed by atoms with Crippen molar-refractivity contribution in [2.24, 2.45) is 5.92 Å². The fourth-order valence-corrected chi connectivity index (χ4v) is 1.37. The zero-order valence-electron chi connectivity index (χ0n) is 6.80. The van der Waals surface area contributed by atoms with Crippen LogP contribution in [0.25, 0.3) is 0 Å². The second-order valence-corrected chi connectivity index (χ2v) is 2.88. The van der Waals surface area contributed by atoms with Gasteiger partial charge in [0.25, 0.3) is 0 Å². The molecule has 0 radical (unpaired) electrons. The maximum Gasteiger partial charge on any atom is 0.149 e. The van der Waals surface area contributed by atoms with Crippen molar-refractivity contribution in [2.75, 3.05) is 0 Å². The zero-order valence-corrected chi connectivity index (χ0v) is 6.80. The third-order valence-corrected chi connectivity index (χ3v) is 2.02. The molecule has 0 heterocycles. The molecule has 3 nitrogen and oxygen atoms in total. The number of hydrogen-bond acceptors (Lipinski definition) is 3. The summed E-state index contributed by atoms with van der Waals surface area (Å²) in [6, 6.07) is 0. The number of ketones is 2. The van der Waals surface area contributed by atoms with Crippen LogP contribution < -0.4 is 0 Å². The molecule has 0 aromatic carbocycles. The lowest BCUT2D eigenvalue weighted by Crippen LogP contribution is -2.33. The number of rotatable bonds is 2. The average molecular weight is 165 g/mol. The van der Waals surface area contributed by atoms with Crippen molar-refractivity contribution in [3.63, 3.8) is 0 Å². The molecule has 0 aromatic heterocycles. The van der Waals surface area contributed by atoms with Gasteiger partial charge in [0, 0.05) is 18.6 Å². The molecule has 1 aliphatic rings. The molecule has 0 saturated heterocycles. The van der Waals surface area contributed by atoms with Crippen molar-refractivity contribution >= 4 is 17.3 Å². The van der Waals surface area contributed by atoms with E-state index in [-0.39, 0.29) is 17.3 Å². The van der Waals surface area contributed by atoms with E-state index in [1.165, 1.54) is 6.08 Å². The predicted octanol–water partition coefficient (Wildman–Crippen LogP) is 1.13. The molecule has 64 valence electrons. The first-order valence-corrected chi connectivity index (χ1v) is 3.93. The Morgan fingerprint density at radius 2 is 1.92 bits per heavy atom. The summed E-state index contributed by atoms with van der Waals surface area (Å²) in [5.41, 5.74) is 0.0460. The van der Waals surface area contributed by atoms with Gasteiger partial charge >= 0.3 is 0 Å². The highest BCUT2D eigenvalue weighted by molar-refractivity contribution is 6.24. The first-order valence-electron chi connectivity index (χ1n) is 3.93. The summed E-state index contributed by atoms with van der Waals surface area (Å²) in [6.07, 6.45) is 2.75. The van der Waals surface area contributed by atoms with Crippen molar-refractivity contribution in [1.82, 2.24) is 0 Å². The van der Waals surface area contributed by atoms with Crippen LogP contribution in [0.1, 0.15) is 19.3 Å². The Bertz CT molecular complexity index is 239. The van der Waals surface area contributed by atoms with Crippen LogP contribution >= 0.6 is 0 Å². The van der Waals surface area contributed by atoms with Crippen LogP contribution in [0.15, 0.2) is 12.7 Å². The zero-order chi connectivity index (χ0) is 9.14. The quantitative estimate of drug-likeness (QED) is 0.492. The minimum atomic E-state index is -0.809. The van der Waals surface area contributed by atoms with Crippen molar-refractivity contribution in [2.45, 2.75) is 19.3 Å². The van der Waals surface area contributed by atoms with E-state index in [4.69, 9.17) is 5.41 Å². The van der Waals surface area contributed by atoms with E-state index in [9.17, 15) is 9.59 Å². The van der Waals surface area contributed by atoms with Gasteiger partial charge in [-0.2, -0.15) is 0 Å². The van der Waals surface area contributed by atoms with E-state index in [0.717, 1.165) is 0 Å². The molecule has 1 aliphatic carbocycles. The molecule has 0 unspecified atom stereocenters. The number of Topliss-reactive ketones (excluding diaryl/α,β-unsaturated/α-hetero) is 2. The minimum Gasteiger partial charge on any atom is -0.304 e. The standard InChI is InChI=1S/C9H11NO2/c1-2-6(10)9-7(11)4-3-5-8(9)12/h2,9-10H,1,3-5H2. The summed E-state index contributed by atoms with van der Waals surface area (Å²) in [7, 11) is 0. The Morgan fingerprint density at radius 1 is 1.42 bits per heavy atom. The largest absolute Gasteiger partial charge is 0.304 e. The van der Waals surface area contributed by atoms with Crippen LogP contribution in [0.4, 0.5) is 0 Å². The number of carbonyl (C=O) groups excluding carboxylic acids is 2. The highest BCUT2D eigenvalue weighted by Crippen LogP contribution is 2.18. The first kappa shape index (κ1) is 8.84. The monoisotopic (exact) mass is 165 g/mol. The number of hydrogen-bond donors (Lipinski definition) is 1. The van der Waals surface area contributed by atoms with Crippen LogP contribution in [0.5, 0.6) is 0 Å². The van der Waals surface area contributed by atoms with Gasteiger partial charge in [-0.3, -0.25) is 9.59 Å². The van der Waals surface area contributed by atoms with Crippen molar-refractivity contribution in [3.05, 3.63) is 12.7 Å². The smallest absolute Gasteiger partial charge is 0.149 e. The summed E-state index contributed by atoms with van der Waals surface area (Å²) in [5.74, 6) is -1.07. The summed E-state index contributed by atoms with van der Waals surface area (Å²) in [4.78, 5) is 22.4. The van der Waals surface area contributed by atoms with E-state index >= 15 is 0 Å². The average Bonchev–Trinajstić information content (AvgIpc) is 2.03. The van der Waals surface area contributed by atoms with Gasteiger partial charge < -0.3 is 5.41 Å². The fraction of sp³-hybridized carbons (Fsp3) is 0.444. The highest BCUT2D eigenvalue weighted by atomic mass is 16.2. The van der Waals surface area contributed by atoms with E-state index in [1.807, 2.05) is 0 Å². The topological polar surface area (TPSA) is 58.0 Å². The molecule has 12 heavy (non-hydrogen) atoms. The molecule has 0 aliphatic heterocycles. The van der Waals surface area contributed by atoms with Gasteiger partial charge in [0.05, 0.1) is 0 Å². The molecule has 0 amide bonds. The molecule has 0 bridgehead atoms. The Balaban J connectivity index is 2.83. The van der Waals surface area contributed by atoms with Gasteiger partial charge in [0.15, 0.2) is 0 Å². The summed E-state index contributed by atoms with van der Waals surface area (Å²) >= 11 is 0. The number of nitrogens with one attached hydrogen (secondary N) is 1. The lowest BCUT2D eigenvalue weighted by Gasteiger charge is -2.17. The van der Waals surface area contributed by atoms with E-state index in [2.05, 4.69) is 6.58 Å². The molecule has 1 fully saturated rings. The van der Waals surface area contributed by atoms with Crippen molar-refractivity contribution in [1.29, 1.82) is 5.41 Å². The Hall–Kier alpha value is -1.25. The number of allylic oxidation sites excluding steroid dienone is 1. The Labute approximate surface area is 71.0 Å². The highest BCUT2D eigenvalue weighted by Gasteiger charge is 2.31. The van der Waals surface area contributed by atoms with Gasteiger partial charge in [0.1, 0.15) is 17.5 Å². The Kier molecular flexibility index (Phi) is 2.53. The summed E-state index contributed by atoms with van der Waals surface area (Å²) in [5, 5.41) is 7.33. The lowest BCUT2D eigenvalue weighted by molar-refractivity contribution is -0.132. The van der Waals surface area contributed by atoms with Crippen LogP contribution in [-0.4, -0.2) is 17.3 Å². The summed E-state index contributed by atoms with van der Waals surface area (Å²) < 4.78 is 0. The van der Waals surface area contributed by atoms with E-state index < -0.39 is 5.92 Å². The normalized spacial score (nSPS) is 19.3.